The Morgan fingerprint density at radius 3 is 2.28 bits per heavy atom. The first-order chi connectivity index (χ1) is 15.3. The van der Waals surface area contributed by atoms with Crippen LogP contribution in [0.3, 0.4) is 0 Å². The summed E-state index contributed by atoms with van der Waals surface area (Å²) in [5, 5.41) is 3.46. The van der Waals surface area contributed by atoms with Crippen LogP contribution in [0.15, 0.2) is 72.8 Å². The highest BCUT2D eigenvalue weighted by Crippen LogP contribution is 2.22. The Morgan fingerprint density at radius 1 is 1.00 bits per heavy atom. The zero-order chi connectivity index (χ0) is 23.1. The van der Waals surface area contributed by atoms with Crippen LogP contribution < -0.4 is 14.4 Å². The molecule has 3 aromatic rings. The smallest absolute Gasteiger partial charge is 0.251 e. The number of para-hydroxylation sites is 1. The van der Waals surface area contributed by atoms with E-state index in [1.807, 2.05) is 31.2 Å². The fourth-order valence-corrected chi connectivity index (χ4v) is 4.17. The van der Waals surface area contributed by atoms with Gasteiger partial charge in [0.15, 0.2) is 0 Å². The summed E-state index contributed by atoms with van der Waals surface area (Å²) in [6.07, 6.45) is 1.15. The Bertz CT molecular complexity index is 1160. The van der Waals surface area contributed by atoms with Crippen molar-refractivity contribution in [2.24, 2.45) is 0 Å². The molecule has 32 heavy (non-hydrogen) atoms. The van der Waals surface area contributed by atoms with Crippen molar-refractivity contribution in [1.29, 1.82) is 0 Å². The zero-order valence-electron chi connectivity index (χ0n) is 17.9. The van der Waals surface area contributed by atoms with Crippen LogP contribution in [0.4, 0.5) is 5.69 Å². The van der Waals surface area contributed by atoms with Crippen molar-refractivity contribution in [3.8, 4) is 5.75 Å². The van der Waals surface area contributed by atoms with Gasteiger partial charge in [-0.25, -0.2) is 8.42 Å². The summed E-state index contributed by atoms with van der Waals surface area (Å²) in [5.74, 6) is 0.475. The van der Waals surface area contributed by atoms with Gasteiger partial charge in [0.05, 0.1) is 25.1 Å². The molecule has 0 heterocycles. The first kappa shape index (κ1) is 23.6. The molecule has 3 aromatic carbocycles. The molecule has 1 amide bonds. The Balaban J connectivity index is 1.72. The van der Waals surface area contributed by atoms with E-state index in [1.165, 1.54) is 4.31 Å². The lowest BCUT2D eigenvalue weighted by molar-refractivity contribution is 0.0950. The molecule has 0 saturated carbocycles. The number of ether oxygens (including phenoxy) is 1. The van der Waals surface area contributed by atoms with Gasteiger partial charge in [-0.2, -0.15) is 0 Å². The fourth-order valence-electron chi connectivity index (χ4n) is 3.16. The topological polar surface area (TPSA) is 75.7 Å². The summed E-state index contributed by atoms with van der Waals surface area (Å²) in [7, 11) is -3.53. The normalized spacial score (nSPS) is 11.1. The van der Waals surface area contributed by atoms with Crippen LogP contribution >= 0.6 is 11.6 Å². The van der Waals surface area contributed by atoms with Crippen molar-refractivity contribution in [3.63, 3.8) is 0 Å². The van der Waals surface area contributed by atoms with Crippen LogP contribution in [-0.2, 0) is 23.1 Å². The number of halogens is 1. The third-order valence-electron chi connectivity index (χ3n) is 4.77. The Morgan fingerprint density at radius 2 is 1.66 bits per heavy atom. The van der Waals surface area contributed by atoms with Crippen molar-refractivity contribution in [1.82, 2.24) is 5.32 Å². The number of carbonyl (C=O) groups excluding carboxylic acids is 1. The van der Waals surface area contributed by atoms with Crippen LogP contribution in [0.1, 0.15) is 28.4 Å². The molecule has 0 aliphatic heterocycles. The van der Waals surface area contributed by atoms with Gasteiger partial charge in [-0.3, -0.25) is 9.10 Å². The number of hydrogen-bond acceptors (Lipinski definition) is 4. The lowest BCUT2D eigenvalue weighted by atomic mass is 10.1. The molecule has 0 bridgehead atoms. The van der Waals surface area contributed by atoms with Gasteiger partial charge in [-0.1, -0.05) is 41.9 Å². The molecule has 0 fully saturated rings. The fraction of sp³-hybridized carbons (Fsp3) is 0.208. The second-order valence-electron chi connectivity index (χ2n) is 7.17. The van der Waals surface area contributed by atoms with E-state index in [4.69, 9.17) is 16.3 Å². The third-order valence-corrected chi connectivity index (χ3v) is 6.16. The Kier molecular flexibility index (Phi) is 7.77. The predicted octanol–water partition coefficient (Wildman–Crippen LogP) is 4.63. The first-order valence-corrected chi connectivity index (χ1v) is 12.3. The molecule has 0 saturated heterocycles. The summed E-state index contributed by atoms with van der Waals surface area (Å²) in [6, 6.07) is 21.0. The molecule has 0 aliphatic rings. The van der Waals surface area contributed by atoms with Gasteiger partial charge in [0.1, 0.15) is 5.75 Å². The summed E-state index contributed by atoms with van der Waals surface area (Å²) in [4.78, 5) is 12.6. The summed E-state index contributed by atoms with van der Waals surface area (Å²) in [6.45, 7) is 2.93. The van der Waals surface area contributed by atoms with Crippen LogP contribution in [-0.4, -0.2) is 27.2 Å². The summed E-state index contributed by atoms with van der Waals surface area (Å²) < 4.78 is 31.6. The number of anilines is 1. The van der Waals surface area contributed by atoms with E-state index >= 15 is 0 Å². The maximum absolute atomic E-state index is 12.6. The van der Waals surface area contributed by atoms with Gasteiger partial charge in [-0.15, -0.1) is 0 Å². The number of rotatable bonds is 9. The molecule has 1 N–H and O–H groups in total. The van der Waals surface area contributed by atoms with E-state index in [1.54, 1.807) is 48.5 Å². The van der Waals surface area contributed by atoms with Gasteiger partial charge in [0.25, 0.3) is 5.91 Å². The molecule has 0 atom stereocenters. The molecular weight excluding hydrogens is 448 g/mol. The number of amides is 1. The van der Waals surface area contributed by atoms with Crippen molar-refractivity contribution < 1.29 is 17.9 Å². The quantitative estimate of drug-likeness (QED) is 0.492. The highest BCUT2D eigenvalue weighted by molar-refractivity contribution is 7.92. The van der Waals surface area contributed by atoms with E-state index in [2.05, 4.69) is 5.32 Å². The van der Waals surface area contributed by atoms with E-state index in [-0.39, 0.29) is 12.5 Å². The maximum atomic E-state index is 12.6. The van der Waals surface area contributed by atoms with Crippen LogP contribution in [0.2, 0.25) is 5.02 Å². The molecule has 3 rings (SSSR count). The van der Waals surface area contributed by atoms with Gasteiger partial charge >= 0.3 is 0 Å². The van der Waals surface area contributed by atoms with Gasteiger partial charge < -0.3 is 10.1 Å². The van der Waals surface area contributed by atoms with E-state index in [0.717, 1.165) is 23.1 Å². The first-order valence-electron chi connectivity index (χ1n) is 10.1. The molecule has 0 aliphatic carbocycles. The third kappa shape index (κ3) is 6.24. The van der Waals surface area contributed by atoms with Crippen molar-refractivity contribution in [2.75, 3.05) is 17.2 Å². The van der Waals surface area contributed by atoms with Crippen LogP contribution in [0.25, 0.3) is 0 Å². The van der Waals surface area contributed by atoms with Crippen molar-refractivity contribution in [3.05, 3.63) is 94.5 Å². The monoisotopic (exact) mass is 472 g/mol. The maximum Gasteiger partial charge on any atom is 0.251 e. The molecule has 8 heteroatoms. The number of carbonyl (C=O) groups is 1. The Labute approximate surface area is 193 Å². The molecule has 6 nitrogen and oxygen atoms in total. The highest BCUT2D eigenvalue weighted by atomic mass is 35.5. The lowest BCUT2D eigenvalue weighted by Crippen LogP contribution is -2.29. The minimum Gasteiger partial charge on any atom is -0.494 e. The van der Waals surface area contributed by atoms with Gasteiger partial charge in [0.2, 0.25) is 10.0 Å². The number of benzene rings is 3. The number of nitrogens with one attached hydrogen (secondary N) is 1. The minimum atomic E-state index is -3.53. The zero-order valence-corrected chi connectivity index (χ0v) is 19.5. The van der Waals surface area contributed by atoms with E-state index < -0.39 is 10.0 Å². The molecule has 0 spiro atoms. The second kappa shape index (κ2) is 10.5. The lowest BCUT2D eigenvalue weighted by Gasteiger charge is -2.23. The van der Waals surface area contributed by atoms with Crippen LogP contribution in [0, 0.1) is 0 Å². The SMILES string of the molecule is CCOc1ccccc1CNC(=O)c1ccc(N(Cc2ccc(Cl)cc2)S(C)(=O)=O)cc1. The summed E-state index contributed by atoms with van der Waals surface area (Å²) in [5.41, 5.74) is 2.59. The average Bonchev–Trinajstić information content (AvgIpc) is 2.77. The minimum absolute atomic E-state index is 0.162. The van der Waals surface area contributed by atoms with E-state index in [0.29, 0.717) is 29.4 Å². The van der Waals surface area contributed by atoms with Crippen molar-refractivity contribution >= 4 is 33.2 Å². The molecule has 0 radical (unpaired) electrons. The van der Waals surface area contributed by atoms with Gasteiger partial charge in [0, 0.05) is 22.7 Å². The molecule has 0 unspecified atom stereocenters. The number of sulfonamides is 1. The number of nitrogens with zero attached hydrogens (tertiary/aromatic N) is 1. The second-order valence-corrected chi connectivity index (χ2v) is 9.51. The van der Waals surface area contributed by atoms with Crippen LogP contribution in [0.5, 0.6) is 5.75 Å². The number of hydrogen-bond donors (Lipinski definition) is 1. The van der Waals surface area contributed by atoms with Gasteiger partial charge in [-0.05, 0) is 55.0 Å². The molecular formula is C24H25ClN2O4S. The molecule has 0 aromatic heterocycles. The standard InChI is InChI=1S/C24H25ClN2O4S/c1-3-31-23-7-5-4-6-20(23)16-26-24(28)19-10-14-22(15-11-19)27(32(2,29)30)17-18-8-12-21(25)13-9-18/h4-15H,3,16-17H2,1-2H3,(H,26,28). The average molecular weight is 473 g/mol. The highest BCUT2D eigenvalue weighted by Gasteiger charge is 2.18. The predicted molar refractivity (Wildman–Crippen MR) is 128 cm³/mol. The van der Waals surface area contributed by atoms with Crippen molar-refractivity contribution in [2.45, 2.75) is 20.0 Å². The summed E-state index contributed by atoms with van der Waals surface area (Å²) >= 11 is 5.91. The molecule has 168 valence electrons. The van der Waals surface area contributed by atoms with E-state index in [9.17, 15) is 13.2 Å². The largest absolute Gasteiger partial charge is 0.494 e. The Hall–Kier alpha value is -3.03.